The van der Waals surface area contributed by atoms with E-state index in [1.165, 1.54) is 6.07 Å². The van der Waals surface area contributed by atoms with Gasteiger partial charge in [0.25, 0.3) is 5.52 Å². The quantitative estimate of drug-likeness (QED) is 0.529. The maximum absolute atomic E-state index is 9.69. The molecule has 3 heteroatoms. The summed E-state index contributed by atoms with van der Waals surface area (Å²) < 4.78 is 1.85. The van der Waals surface area contributed by atoms with E-state index in [1.54, 1.807) is 6.07 Å². The zero-order valence-electron chi connectivity index (χ0n) is 10.2. The van der Waals surface area contributed by atoms with Gasteiger partial charge in [-0.15, -0.1) is 0 Å². The van der Waals surface area contributed by atoms with Gasteiger partial charge in [0.05, 0.1) is 5.39 Å². The van der Waals surface area contributed by atoms with Crippen molar-refractivity contribution < 1.29 is 14.8 Å². The van der Waals surface area contributed by atoms with Crippen molar-refractivity contribution in [1.29, 1.82) is 0 Å². The lowest BCUT2D eigenvalue weighted by molar-refractivity contribution is -0.651. The van der Waals surface area contributed by atoms with Crippen molar-refractivity contribution in [3.05, 3.63) is 30.0 Å². The molecule has 86 valence electrons. The Morgan fingerprint density at radius 2 is 1.56 bits per heavy atom. The average molecular weight is 220 g/mol. The van der Waals surface area contributed by atoms with Gasteiger partial charge in [-0.2, -0.15) is 4.57 Å². The summed E-state index contributed by atoms with van der Waals surface area (Å²) in [6, 6.07) is 7.17. The molecule has 0 amide bonds. The number of phenols is 2. The summed E-state index contributed by atoms with van der Waals surface area (Å²) in [6.07, 6.45) is 0. The minimum Gasteiger partial charge on any atom is -0.504 e. The number of hydrogen-bond donors (Lipinski definition) is 2. The van der Waals surface area contributed by atoms with Crippen molar-refractivity contribution in [2.75, 3.05) is 0 Å². The van der Waals surface area contributed by atoms with Crippen LogP contribution in [0.5, 0.6) is 11.5 Å². The van der Waals surface area contributed by atoms with Gasteiger partial charge in [0.15, 0.2) is 11.4 Å². The van der Waals surface area contributed by atoms with Crippen molar-refractivity contribution in [3.8, 4) is 11.5 Å². The highest BCUT2D eigenvalue weighted by Crippen LogP contribution is 2.30. The molecule has 0 aliphatic carbocycles. The predicted molar refractivity (Wildman–Crippen MR) is 64.5 cm³/mol. The number of rotatable bonds is 0. The van der Waals surface area contributed by atoms with Gasteiger partial charge >= 0.3 is 0 Å². The molecule has 0 fully saturated rings. The van der Waals surface area contributed by atoms with Crippen LogP contribution in [0.25, 0.3) is 10.9 Å². The lowest BCUT2D eigenvalue weighted by atomic mass is 10.1. The molecule has 3 nitrogen and oxygen atoms in total. The van der Waals surface area contributed by atoms with E-state index in [0.717, 1.165) is 11.1 Å². The van der Waals surface area contributed by atoms with Crippen molar-refractivity contribution in [2.45, 2.75) is 20.8 Å². The van der Waals surface area contributed by atoms with Crippen LogP contribution in [0.4, 0.5) is 0 Å². The van der Waals surface area contributed by atoms with Crippen LogP contribution >= 0.6 is 0 Å². The van der Waals surface area contributed by atoms with Gasteiger partial charge in [-0.1, -0.05) is 13.8 Å². The lowest BCUT2D eigenvalue weighted by Crippen LogP contribution is -2.32. The van der Waals surface area contributed by atoms with Gasteiger partial charge in [-0.3, -0.25) is 0 Å². The molecule has 0 atom stereocenters. The summed E-state index contributed by atoms with van der Waals surface area (Å²) in [5.41, 5.74) is 1.68. The van der Waals surface area contributed by atoms with E-state index in [0.29, 0.717) is 5.52 Å². The number of fused-ring (bicyclic) bond motifs is 1. The third-order valence-electron chi connectivity index (χ3n) is 2.53. The van der Waals surface area contributed by atoms with E-state index in [9.17, 15) is 10.2 Å². The SMILES string of the molecule is CC.Cc1ccc2ccc(O)c(O)c2[n+]1C. The molecule has 16 heavy (non-hydrogen) atoms. The largest absolute Gasteiger partial charge is 0.504 e. The van der Waals surface area contributed by atoms with Crippen LogP contribution in [-0.2, 0) is 7.05 Å². The minimum atomic E-state index is -0.0845. The monoisotopic (exact) mass is 220 g/mol. The topological polar surface area (TPSA) is 44.3 Å². The standard InChI is InChI=1S/C11H11NO2.C2H6/c1-7-3-4-8-5-6-9(13)11(14)10(8)12(7)2;1-2/h3-6,14H,1-2H3;1-2H3/p+1. The number of benzene rings is 1. The number of aromatic nitrogens is 1. The van der Waals surface area contributed by atoms with Gasteiger partial charge in [0, 0.05) is 13.0 Å². The second-order valence-corrected chi connectivity index (χ2v) is 3.40. The molecule has 0 bridgehead atoms. The highest BCUT2D eigenvalue weighted by molar-refractivity contribution is 5.83. The summed E-state index contributed by atoms with van der Waals surface area (Å²) >= 11 is 0. The molecule has 0 saturated heterocycles. The fourth-order valence-corrected chi connectivity index (χ4v) is 1.57. The summed E-state index contributed by atoms with van der Waals surface area (Å²) in [4.78, 5) is 0. The molecule has 1 aromatic carbocycles. The fourth-order valence-electron chi connectivity index (χ4n) is 1.57. The van der Waals surface area contributed by atoms with Crippen LogP contribution in [0.3, 0.4) is 0 Å². The Kier molecular flexibility index (Phi) is 3.72. The average Bonchev–Trinajstić information content (AvgIpc) is 2.31. The van der Waals surface area contributed by atoms with E-state index < -0.39 is 0 Å². The van der Waals surface area contributed by atoms with Gasteiger partial charge in [-0.05, 0) is 18.2 Å². The summed E-state index contributed by atoms with van der Waals surface area (Å²) in [6.45, 7) is 5.95. The normalized spacial score (nSPS) is 9.75. The van der Waals surface area contributed by atoms with E-state index in [2.05, 4.69) is 0 Å². The molecule has 0 unspecified atom stereocenters. The van der Waals surface area contributed by atoms with E-state index >= 15 is 0 Å². The molecule has 1 heterocycles. The number of hydrogen-bond acceptors (Lipinski definition) is 2. The van der Waals surface area contributed by atoms with Crippen molar-refractivity contribution in [1.82, 2.24) is 0 Å². The first kappa shape index (κ1) is 12.3. The minimum absolute atomic E-state index is 0.0614. The third kappa shape index (κ3) is 1.94. The smallest absolute Gasteiger partial charge is 0.258 e. The van der Waals surface area contributed by atoms with Crippen LogP contribution < -0.4 is 4.57 Å². The molecular formula is C13H18NO2+. The van der Waals surface area contributed by atoms with Gasteiger partial charge < -0.3 is 10.2 Å². The van der Waals surface area contributed by atoms with Crippen LogP contribution in [-0.4, -0.2) is 10.2 Å². The summed E-state index contributed by atoms with van der Waals surface area (Å²) in [5, 5.41) is 20.0. The Balaban J connectivity index is 0.000000606. The zero-order valence-corrected chi connectivity index (χ0v) is 10.2. The van der Waals surface area contributed by atoms with Crippen LogP contribution in [0.2, 0.25) is 0 Å². The third-order valence-corrected chi connectivity index (χ3v) is 2.53. The number of phenolic OH excluding ortho intramolecular Hbond substituents is 2. The number of aryl methyl sites for hydroxylation is 2. The molecule has 0 aliphatic heterocycles. The molecule has 1 aromatic heterocycles. The Bertz CT molecular complexity index is 464. The first-order chi connectivity index (χ1) is 7.61. The predicted octanol–water partition coefficient (Wildman–Crippen LogP) is 2.41. The summed E-state index contributed by atoms with van der Waals surface area (Å²) in [7, 11) is 1.86. The van der Waals surface area contributed by atoms with Crippen LogP contribution in [0.1, 0.15) is 19.5 Å². The molecule has 0 aliphatic rings. The highest BCUT2D eigenvalue weighted by Gasteiger charge is 2.15. The zero-order chi connectivity index (χ0) is 12.3. The Morgan fingerprint density at radius 3 is 2.19 bits per heavy atom. The Hall–Kier alpha value is -1.77. The molecule has 2 N–H and O–H groups in total. The van der Waals surface area contributed by atoms with Gasteiger partial charge in [0.1, 0.15) is 7.05 Å². The number of aromatic hydroxyl groups is 2. The lowest BCUT2D eigenvalue weighted by Gasteiger charge is -2.02. The molecule has 0 radical (unpaired) electrons. The van der Waals surface area contributed by atoms with Crippen molar-refractivity contribution >= 4 is 10.9 Å². The second-order valence-electron chi connectivity index (χ2n) is 3.40. The highest BCUT2D eigenvalue weighted by atomic mass is 16.3. The molecule has 0 saturated carbocycles. The first-order valence-corrected chi connectivity index (χ1v) is 5.41. The fraction of sp³-hybridized carbons (Fsp3) is 0.308. The van der Waals surface area contributed by atoms with E-state index in [4.69, 9.17) is 0 Å². The van der Waals surface area contributed by atoms with Crippen LogP contribution in [0, 0.1) is 6.92 Å². The number of pyridine rings is 1. The first-order valence-electron chi connectivity index (χ1n) is 5.41. The van der Waals surface area contributed by atoms with Crippen LogP contribution in [0.15, 0.2) is 24.3 Å². The molecule has 0 spiro atoms. The van der Waals surface area contributed by atoms with Gasteiger partial charge in [-0.25, -0.2) is 0 Å². The van der Waals surface area contributed by atoms with E-state index in [-0.39, 0.29) is 11.5 Å². The molecule has 2 aromatic rings. The molecule has 2 rings (SSSR count). The van der Waals surface area contributed by atoms with Crippen molar-refractivity contribution in [3.63, 3.8) is 0 Å². The summed E-state index contributed by atoms with van der Waals surface area (Å²) in [5.74, 6) is -0.146. The van der Waals surface area contributed by atoms with Crippen molar-refractivity contribution in [2.24, 2.45) is 7.05 Å². The van der Waals surface area contributed by atoms with Gasteiger partial charge in [0.2, 0.25) is 5.75 Å². The van der Waals surface area contributed by atoms with E-state index in [1.807, 2.05) is 44.5 Å². The maximum Gasteiger partial charge on any atom is 0.258 e. The number of nitrogens with zero attached hydrogens (tertiary/aromatic N) is 1. The Labute approximate surface area is 95.6 Å². The second kappa shape index (κ2) is 4.84. The molecular weight excluding hydrogens is 202 g/mol. The maximum atomic E-state index is 9.69. The Morgan fingerprint density at radius 1 is 1.00 bits per heavy atom.